The summed E-state index contributed by atoms with van der Waals surface area (Å²) >= 11 is 0. The number of carbonyl (C=O) groups excluding carboxylic acids is 2. The van der Waals surface area contributed by atoms with Crippen LogP contribution in [-0.4, -0.2) is 52.4 Å². The molecule has 1 unspecified atom stereocenters. The lowest BCUT2D eigenvalue weighted by Crippen LogP contribution is -2.38. The van der Waals surface area contributed by atoms with Gasteiger partial charge in [-0.25, -0.2) is 9.40 Å². The normalized spacial score (nSPS) is 14.7. The monoisotopic (exact) mass is 427 g/mol. The molecule has 31 heavy (non-hydrogen) atoms. The largest absolute Gasteiger partial charge is 0.389 e. The van der Waals surface area contributed by atoms with Crippen LogP contribution in [0.4, 0.5) is 10.1 Å². The van der Waals surface area contributed by atoms with E-state index < -0.39 is 17.8 Å². The lowest BCUT2D eigenvalue weighted by atomic mass is 10.0. The summed E-state index contributed by atoms with van der Waals surface area (Å²) in [5, 5.41) is 26.3. The summed E-state index contributed by atoms with van der Waals surface area (Å²) in [4.78, 5) is 28.1. The summed E-state index contributed by atoms with van der Waals surface area (Å²) in [6.45, 7) is 3.21. The number of fused-ring (bicyclic) bond motifs is 1. The lowest BCUT2D eigenvalue weighted by molar-refractivity contribution is -0.110. The number of benzene rings is 1. The smallest absolute Gasteiger partial charge is 0.256 e. The minimum absolute atomic E-state index is 0.103. The Morgan fingerprint density at radius 1 is 1.42 bits per heavy atom. The molecule has 0 aliphatic carbocycles. The van der Waals surface area contributed by atoms with Crippen LogP contribution >= 0.6 is 0 Å². The number of nitrogens with zero attached hydrogens (tertiary/aromatic N) is 2. The summed E-state index contributed by atoms with van der Waals surface area (Å²) in [7, 11) is 0. The van der Waals surface area contributed by atoms with Crippen molar-refractivity contribution < 1.29 is 19.1 Å². The number of aryl methyl sites for hydroxylation is 1. The van der Waals surface area contributed by atoms with E-state index in [9.17, 15) is 19.1 Å². The Labute approximate surface area is 177 Å². The van der Waals surface area contributed by atoms with Crippen molar-refractivity contribution in [3.8, 4) is 0 Å². The molecule has 2 aromatic rings. The van der Waals surface area contributed by atoms with Gasteiger partial charge >= 0.3 is 0 Å². The van der Waals surface area contributed by atoms with Gasteiger partial charge in [0.2, 0.25) is 0 Å². The Balaban J connectivity index is 1.80. The third-order valence-corrected chi connectivity index (χ3v) is 4.93. The average Bonchev–Trinajstić information content (AvgIpc) is 3.19. The molecule has 10 nitrogen and oxygen atoms in total. The molecule has 1 atom stereocenters. The van der Waals surface area contributed by atoms with E-state index in [1.54, 1.807) is 19.9 Å². The van der Waals surface area contributed by atoms with Crippen LogP contribution in [-0.2, 0) is 4.79 Å². The van der Waals surface area contributed by atoms with E-state index in [0.29, 0.717) is 33.8 Å². The van der Waals surface area contributed by atoms with Crippen molar-refractivity contribution in [2.75, 3.05) is 18.4 Å². The Hall–Kier alpha value is -3.86. The fourth-order valence-corrected chi connectivity index (χ4v) is 3.41. The van der Waals surface area contributed by atoms with Gasteiger partial charge in [-0.15, -0.1) is 0 Å². The van der Waals surface area contributed by atoms with Gasteiger partial charge in [-0.05, 0) is 43.7 Å². The van der Waals surface area contributed by atoms with Crippen LogP contribution in [0.1, 0.15) is 32.9 Å². The van der Waals surface area contributed by atoms with Crippen molar-refractivity contribution in [3.63, 3.8) is 0 Å². The number of carbonyl (C=O) groups is 2. The van der Waals surface area contributed by atoms with E-state index in [0.717, 1.165) is 11.3 Å². The maximum atomic E-state index is 13.6. The molecule has 6 N–H and O–H groups in total. The van der Waals surface area contributed by atoms with E-state index >= 15 is 0 Å². The lowest BCUT2D eigenvalue weighted by Gasteiger charge is -2.16. The van der Waals surface area contributed by atoms with Crippen molar-refractivity contribution >= 4 is 35.5 Å². The molecule has 0 fully saturated rings. The van der Waals surface area contributed by atoms with Gasteiger partial charge in [0.25, 0.3) is 11.8 Å². The third kappa shape index (κ3) is 4.51. The van der Waals surface area contributed by atoms with Gasteiger partial charge in [0.05, 0.1) is 23.8 Å². The summed E-state index contributed by atoms with van der Waals surface area (Å²) in [5.41, 5.74) is 10.2. The van der Waals surface area contributed by atoms with Gasteiger partial charge in [0.1, 0.15) is 12.2 Å². The maximum absolute atomic E-state index is 13.6. The predicted octanol–water partition coefficient (Wildman–Crippen LogP) is 2.21. The molecule has 1 aromatic heterocycles. The Bertz CT molecular complexity index is 1080. The molecule has 2 amide bonds. The highest BCUT2D eigenvalue weighted by Gasteiger charge is 2.26. The zero-order chi connectivity index (χ0) is 22.7. The van der Waals surface area contributed by atoms with Crippen molar-refractivity contribution in [1.29, 1.82) is 10.9 Å². The first kappa shape index (κ1) is 21.8. The van der Waals surface area contributed by atoms with Gasteiger partial charge in [0.15, 0.2) is 0 Å². The molecule has 0 spiro atoms. The molecule has 11 heteroatoms. The third-order valence-electron chi connectivity index (χ3n) is 4.93. The van der Waals surface area contributed by atoms with Gasteiger partial charge < -0.3 is 20.7 Å². The average molecular weight is 427 g/mol. The summed E-state index contributed by atoms with van der Waals surface area (Å²) < 4.78 is 13.6. The minimum atomic E-state index is -1.03. The Morgan fingerprint density at radius 3 is 2.84 bits per heavy atom. The van der Waals surface area contributed by atoms with Crippen molar-refractivity contribution in [3.05, 3.63) is 52.1 Å². The van der Waals surface area contributed by atoms with E-state index in [2.05, 4.69) is 20.8 Å². The first-order chi connectivity index (χ1) is 14.7. The second kappa shape index (κ2) is 8.88. The molecule has 3 rings (SSSR count). The quantitative estimate of drug-likeness (QED) is 0.125. The fourth-order valence-electron chi connectivity index (χ4n) is 3.41. The molecule has 0 radical (unpaired) electrons. The fraction of sp³-hybridized carbons (Fsp3) is 0.250. The second-order valence-electron chi connectivity index (χ2n) is 7.08. The molecule has 0 saturated heterocycles. The number of nitrogens with one attached hydrogen (secondary N) is 5. The summed E-state index contributed by atoms with van der Waals surface area (Å²) in [5.74, 6) is -1.25. The molecular weight excluding hydrogens is 405 g/mol. The standard InChI is InChI=1S/C20H22FN7O3/c1-10-17(6-15-14-5-12(21)3-4-16(14)26-19(15)30)25-11(2)18(10)20(31)24-7-13(29)8-28(9-22)27-23/h3-6,9,13,22-23,25,29H,7-8H2,1-2H3,(H,24,31)(H,26,30)/b15-6-,22-9?,27-23?. The molecule has 1 aromatic carbocycles. The number of aliphatic hydroxyl groups excluding tert-OH is 1. The number of aromatic amines is 1. The molecular formula is C20H22FN7O3. The van der Waals surface area contributed by atoms with Gasteiger partial charge in [-0.1, -0.05) is 5.22 Å². The second-order valence-corrected chi connectivity index (χ2v) is 7.08. The highest BCUT2D eigenvalue weighted by molar-refractivity contribution is 6.34. The molecule has 1 aliphatic rings. The molecule has 0 bridgehead atoms. The number of anilines is 1. The SMILES string of the molecule is Cc1[nH]c(/C=C2\C(=O)Nc3ccc(F)cc32)c(C)c1C(=O)NCC(O)CN(C=N)N=N. The minimum Gasteiger partial charge on any atom is -0.389 e. The first-order valence-electron chi connectivity index (χ1n) is 9.38. The van der Waals surface area contributed by atoms with Crippen LogP contribution in [0.5, 0.6) is 0 Å². The zero-order valence-corrected chi connectivity index (χ0v) is 16.9. The van der Waals surface area contributed by atoms with E-state index in [1.165, 1.54) is 18.2 Å². The van der Waals surface area contributed by atoms with Crippen LogP contribution in [0.15, 0.2) is 23.4 Å². The number of hydrogen-bond acceptors (Lipinski definition) is 6. The molecule has 162 valence electrons. The van der Waals surface area contributed by atoms with E-state index in [1.807, 2.05) is 0 Å². The Morgan fingerprint density at radius 2 is 2.16 bits per heavy atom. The molecule has 2 heterocycles. The van der Waals surface area contributed by atoms with Gasteiger partial charge in [-0.3, -0.25) is 15.0 Å². The predicted molar refractivity (Wildman–Crippen MR) is 112 cm³/mol. The van der Waals surface area contributed by atoms with E-state index in [-0.39, 0.29) is 24.6 Å². The molecule has 1 aliphatic heterocycles. The number of rotatable bonds is 8. The van der Waals surface area contributed by atoms with Crippen LogP contribution in [0, 0.1) is 30.6 Å². The number of halogens is 1. The van der Waals surface area contributed by atoms with Crippen molar-refractivity contribution in [2.45, 2.75) is 20.0 Å². The highest BCUT2D eigenvalue weighted by atomic mass is 19.1. The van der Waals surface area contributed by atoms with E-state index in [4.69, 9.17) is 10.9 Å². The Kier molecular flexibility index (Phi) is 6.25. The topological polar surface area (TPSA) is 158 Å². The maximum Gasteiger partial charge on any atom is 0.256 e. The summed E-state index contributed by atoms with van der Waals surface area (Å²) in [6.07, 6.45) is 1.34. The number of H-pyrrole nitrogens is 1. The number of hydrogen-bond donors (Lipinski definition) is 6. The number of aromatic nitrogens is 1. The van der Waals surface area contributed by atoms with Crippen LogP contribution in [0.2, 0.25) is 0 Å². The summed E-state index contributed by atoms with van der Waals surface area (Å²) in [6, 6.07) is 4.04. The van der Waals surface area contributed by atoms with Crippen molar-refractivity contribution in [2.24, 2.45) is 5.22 Å². The van der Waals surface area contributed by atoms with Gasteiger partial charge in [-0.2, -0.15) is 5.53 Å². The zero-order valence-electron chi connectivity index (χ0n) is 16.9. The number of amides is 2. The van der Waals surface area contributed by atoms with Crippen LogP contribution < -0.4 is 10.6 Å². The van der Waals surface area contributed by atoms with Crippen LogP contribution in [0.3, 0.4) is 0 Å². The van der Waals surface area contributed by atoms with Gasteiger partial charge in [0, 0.05) is 29.2 Å². The highest BCUT2D eigenvalue weighted by Crippen LogP contribution is 2.34. The first-order valence-corrected chi connectivity index (χ1v) is 9.38. The van der Waals surface area contributed by atoms with Crippen molar-refractivity contribution in [1.82, 2.24) is 15.3 Å². The molecule has 0 saturated carbocycles. The number of aliphatic hydroxyl groups is 1. The van der Waals surface area contributed by atoms with Crippen LogP contribution in [0.25, 0.3) is 11.6 Å².